The lowest BCUT2D eigenvalue weighted by molar-refractivity contribution is -0.385. The Morgan fingerprint density at radius 1 is 1.50 bits per heavy atom. The summed E-state index contributed by atoms with van der Waals surface area (Å²) in [5.41, 5.74) is 0.412. The van der Waals surface area contributed by atoms with Crippen LogP contribution in [0.4, 0.5) is 5.69 Å². The van der Waals surface area contributed by atoms with E-state index in [1.165, 1.54) is 6.07 Å². The van der Waals surface area contributed by atoms with Crippen LogP contribution in [0.25, 0.3) is 0 Å². The number of amides is 1. The van der Waals surface area contributed by atoms with Crippen molar-refractivity contribution in [3.8, 4) is 0 Å². The van der Waals surface area contributed by atoms with Crippen LogP contribution in [0, 0.1) is 13.7 Å². The zero-order valence-corrected chi connectivity index (χ0v) is 15.6. The average molecular weight is 434 g/mol. The molecule has 0 unspecified atom stereocenters. The van der Waals surface area contributed by atoms with Gasteiger partial charge in [-0.3, -0.25) is 14.9 Å². The molecular weight excluding hydrogens is 415 g/mol. The molecule has 1 aliphatic rings. The third-order valence-corrected chi connectivity index (χ3v) is 6.40. The highest BCUT2D eigenvalue weighted by Crippen LogP contribution is 2.33. The largest absolute Gasteiger partial charge is 0.339 e. The second kappa shape index (κ2) is 7.63. The minimum Gasteiger partial charge on any atom is -0.339 e. The molecule has 0 spiro atoms. The Hall–Kier alpha value is -0.830. The molecule has 0 aromatic heterocycles. The quantitative estimate of drug-likeness (QED) is 0.400. The van der Waals surface area contributed by atoms with Crippen LogP contribution in [-0.4, -0.2) is 39.8 Å². The van der Waals surface area contributed by atoms with Gasteiger partial charge in [-0.25, -0.2) is 0 Å². The third-order valence-electron chi connectivity index (χ3n) is 4.03. The maximum atomic E-state index is 12.7. The Morgan fingerprint density at radius 2 is 2.23 bits per heavy atom. The van der Waals surface area contributed by atoms with Crippen LogP contribution in [0.3, 0.4) is 0 Å². The topological polar surface area (TPSA) is 63.5 Å². The summed E-state index contributed by atoms with van der Waals surface area (Å²) < 4.78 is 0.416. The van der Waals surface area contributed by atoms with E-state index in [1.54, 1.807) is 24.1 Å². The van der Waals surface area contributed by atoms with E-state index in [0.29, 0.717) is 14.4 Å². The second-order valence-corrected chi connectivity index (χ2v) is 8.01. The van der Waals surface area contributed by atoms with Gasteiger partial charge in [0.15, 0.2) is 0 Å². The molecular formula is C15H19IN2O3S. The van der Waals surface area contributed by atoms with Gasteiger partial charge < -0.3 is 4.90 Å². The first-order chi connectivity index (χ1) is 10.5. The summed E-state index contributed by atoms with van der Waals surface area (Å²) in [7, 11) is 1.81. The van der Waals surface area contributed by atoms with Crippen molar-refractivity contribution in [2.45, 2.75) is 37.5 Å². The molecule has 2 rings (SSSR count). The Kier molecular flexibility index (Phi) is 6.08. The standard InChI is InChI=1S/C15H19IN2O3S/c1-3-22-11-8-7-10(9-11)17(2)15(19)12-5-4-6-13(14(12)16)18(20)21/h4-6,10-11H,3,7-9H2,1-2H3/t10-,11-/m0/s1. The van der Waals surface area contributed by atoms with Gasteiger partial charge in [0.05, 0.1) is 10.5 Å². The van der Waals surface area contributed by atoms with Crippen LogP contribution in [0.15, 0.2) is 18.2 Å². The zero-order chi connectivity index (χ0) is 16.3. The number of rotatable bonds is 5. The number of carbonyl (C=O) groups excluding carboxylic acids is 1. The first-order valence-electron chi connectivity index (χ1n) is 7.27. The lowest BCUT2D eigenvalue weighted by atomic mass is 10.1. The van der Waals surface area contributed by atoms with Gasteiger partial charge in [0.1, 0.15) is 3.57 Å². The molecule has 0 aliphatic heterocycles. The lowest BCUT2D eigenvalue weighted by Gasteiger charge is -2.25. The number of nitro benzene ring substituents is 1. The van der Waals surface area contributed by atoms with E-state index in [-0.39, 0.29) is 17.6 Å². The first-order valence-corrected chi connectivity index (χ1v) is 9.40. The Balaban J connectivity index is 2.15. The smallest absolute Gasteiger partial charge is 0.283 e. The molecule has 5 nitrogen and oxygen atoms in total. The maximum Gasteiger partial charge on any atom is 0.283 e. The highest BCUT2D eigenvalue weighted by molar-refractivity contribution is 14.1. The molecule has 1 aromatic rings. The molecule has 0 saturated heterocycles. The molecule has 0 radical (unpaired) electrons. The number of nitro groups is 1. The van der Waals surface area contributed by atoms with Crippen LogP contribution >= 0.6 is 34.4 Å². The molecule has 2 atom stereocenters. The van der Waals surface area contributed by atoms with E-state index in [2.05, 4.69) is 6.92 Å². The van der Waals surface area contributed by atoms with Crippen molar-refractivity contribution in [1.82, 2.24) is 4.90 Å². The van der Waals surface area contributed by atoms with E-state index < -0.39 is 4.92 Å². The maximum absolute atomic E-state index is 12.7. The lowest BCUT2D eigenvalue weighted by Crippen LogP contribution is -2.36. The predicted octanol–water partition coefficient (Wildman–Crippen LogP) is 3.95. The average Bonchev–Trinajstić information content (AvgIpc) is 2.94. The van der Waals surface area contributed by atoms with Gasteiger partial charge in [0, 0.05) is 24.4 Å². The number of thioether (sulfide) groups is 1. The van der Waals surface area contributed by atoms with Gasteiger partial charge in [-0.05, 0) is 53.7 Å². The fraction of sp³-hybridized carbons (Fsp3) is 0.533. The highest BCUT2D eigenvalue weighted by Gasteiger charge is 2.31. The van der Waals surface area contributed by atoms with Crippen molar-refractivity contribution in [2.75, 3.05) is 12.8 Å². The number of hydrogen-bond donors (Lipinski definition) is 0. The van der Waals surface area contributed by atoms with Crippen LogP contribution in [0.2, 0.25) is 0 Å². The van der Waals surface area contributed by atoms with E-state index >= 15 is 0 Å². The van der Waals surface area contributed by atoms with Crippen LogP contribution in [0.1, 0.15) is 36.5 Å². The van der Waals surface area contributed by atoms with E-state index in [4.69, 9.17) is 0 Å². The monoisotopic (exact) mass is 434 g/mol. The Bertz CT molecular complexity index is 582. The van der Waals surface area contributed by atoms with Crippen molar-refractivity contribution in [1.29, 1.82) is 0 Å². The molecule has 1 aliphatic carbocycles. The number of carbonyl (C=O) groups is 1. The van der Waals surface area contributed by atoms with Gasteiger partial charge in [0.2, 0.25) is 0 Å². The minimum atomic E-state index is -0.442. The summed E-state index contributed by atoms with van der Waals surface area (Å²) >= 11 is 3.84. The number of halogens is 1. The van der Waals surface area contributed by atoms with Gasteiger partial charge in [-0.2, -0.15) is 11.8 Å². The van der Waals surface area contributed by atoms with E-state index in [9.17, 15) is 14.9 Å². The molecule has 0 heterocycles. The number of hydrogen-bond acceptors (Lipinski definition) is 4. The summed E-state index contributed by atoms with van der Waals surface area (Å²) in [6.45, 7) is 2.15. The molecule has 1 aromatic carbocycles. The van der Waals surface area contributed by atoms with Crippen molar-refractivity contribution in [3.63, 3.8) is 0 Å². The summed E-state index contributed by atoms with van der Waals surface area (Å²) in [5.74, 6) is 0.970. The van der Waals surface area contributed by atoms with E-state index in [1.807, 2.05) is 34.4 Å². The van der Waals surface area contributed by atoms with Gasteiger partial charge in [0.25, 0.3) is 11.6 Å². The van der Waals surface area contributed by atoms with Crippen LogP contribution in [0.5, 0.6) is 0 Å². The van der Waals surface area contributed by atoms with Gasteiger partial charge in [-0.15, -0.1) is 0 Å². The zero-order valence-electron chi connectivity index (χ0n) is 12.6. The highest BCUT2D eigenvalue weighted by atomic mass is 127. The van der Waals surface area contributed by atoms with Crippen LogP contribution in [-0.2, 0) is 0 Å². The summed E-state index contributed by atoms with van der Waals surface area (Å²) in [6.07, 6.45) is 3.14. The summed E-state index contributed by atoms with van der Waals surface area (Å²) in [6, 6.07) is 4.90. The Labute approximate surface area is 148 Å². The molecule has 7 heteroatoms. The Morgan fingerprint density at radius 3 is 2.86 bits per heavy atom. The van der Waals surface area contributed by atoms with Gasteiger partial charge in [-0.1, -0.05) is 13.0 Å². The fourth-order valence-electron chi connectivity index (χ4n) is 2.84. The fourth-order valence-corrected chi connectivity index (χ4v) is 4.76. The normalized spacial score (nSPS) is 20.9. The van der Waals surface area contributed by atoms with Crippen molar-refractivity contribution >= 4 is 45.9 Å². The first kappa shape index (κ1) is 17.5. The third kappa shape index (κ3) is 3.73. The molecule has 0 N–H and O–H groups in total. The molecule has 120 valence electrons. The molecule has 1 saturated carbocycles. The molecule has 1 fully saturated rings. The van der Waals surface area contributed by atoms with Gasteiger partial charge >= 0.3 is 0 Å². The SMILES string of the molecule is CCS[C@H]1CC[C@H](N(C)C(=O)c2cccc([N+](=O)[O-])c2I)C1. The van der Waals surface area contributed by atoms with Crippen LogP contribution < -0.4 is 0 Å². The summed E-state index contributed by atoms with van der Waals surface area (Å²) in [5, 5.41) is 11.6. The molecule has 1 amide bonds. The van der Waals surface area contributed by atoms with Crippen molar-refractivity contribution < 1.29 is 9.72 Å². The van der Waals surface area contributed by atoms with E-state index in [0.717, 1.165) is 25.0 Å². The molecule has 0 bridgehead atoms. The second-order valence-electron chi connectivity index (χ2n) is 5.36. The summed E-state index contributed by atoms with van der Waals surface area (Å²) in [4.78, 5) is 25.0. The number of nitrogens with zero attached hydrogens (tertiary/aromatic N) is 2. The minimum absolute atomic E-state index is 0.00862. The van der Waals surface area contributed by atoms with Crippen molar-refractivity contribution in [2.24, 2.45) is 0 Å². The van der Waals surface area contributed by atoms with Crippen molar-refractivity contribution in [3.05, 3.63) is 37.4 Å². The predicted molar refractivity (Wildman–Crippen MR) is 97.5 cm³/mol. The number of benzene rings is 1. The molecule has 22 heavy (non-hydrogen) atoms.